The Morgan fingerprint density at radius 2 is 1.84 bits per heavy atom. The molecule has 7 rings (SSSR count). The minimum atomic E-state index is -3.01. The number of benzene rings is 2. The molecule has 11 nitrogen and oxygen atoms in total. The van der Waals surface area contributed by atoms with E-state index in [1.54, 1.807) is 0 Å². The number of hydrogen-bond donors (Lipinski definition) is 1. The maximum Gasteiger partial charge on any atom is 0.410 e. The van der Waals surface area contributed by atoms with Crippen LogP contribution in [-0.4, -0.2) is 91.1 Å². The molecule has 2 atom stereocenters. The summed E-state index contributed by atoms with van der Waals surface area (Å²) in [5.41, 5.74) is 5.01. The number of sulfone groups is 1. The summed E-state index contributed by atoms with van der Waals surface area (Å²) in [6.07, 6.45) is 1.92. The third-order valence-corrected chi connectivity index (χ3v) is 10.9. The number of fused-ring (bicyclic) bond motifs is 2. The van der Waals surface area contributed by atoms with Gasteiger partial charge in [-0.3, -0.25) is 4.90 Å². The van der Waals surface area contributed by atoms with E-state index in [2.05, 4.69) is 39.2 Å². The zero-order valence-corrected chi connectivity index (χ0v) is 25.9. The van der Waals surface area contributed by atoms with E-state index in [9.17, 15) is 13.2 Å². The smallest absolute Gasteiger partial charge is 0.410 e. The fraction of sp³-hybridized carbons (Fsp3) is 0.469. The Morgan fingerprint density at radius 1 is 1.07 bits per heavy atom. The number of aryl methyl sites for hydroxylation is 1. The number of nitrogens with zero attached hydrogens (tertiary/aromatic N) is 5. The van der Waals surface area contributed by atoms with Gasteiger partial charge in [-0.1, -0.05) is 36.4 Å². The van der Waals surface area contributed by atoms with Crippen LogP contribution >= 0.6 is 0 Å². The fourth-order valence-corrected chi connectivity index (χ4v) is 7.93. The van der Waals surface area contributed by atoms with Gasteiger partial charge in [-0.15, -0.1) is 0 Å². The van der Waals surface area contributed by atoms with Crippen molar-refractivity contribution in [2.75, 3.05) is 61.0 Å². The van der Waals surface area contributed by atoms with Gasteiger partial charge < -0.3 is 24.6 Å². The van der Waals surface area contributed by atoms with Gasteiger partial charge in [-0.2, -0.15) is 0 Å². The van der Waals surface area contributed by atoms with Gasteiger partial charge in [0.15, 0.2) is 9.84 Å². The minimum absolute atomic E-state index is 0.118. The Labute approximate surface area is 258 Å². The number of anilines is 3. The van der Waals surface area contributed by atoms with Crippen molar-refractivity contribution in [1.82, 2.24) is 19.8 Å². The quantitative estimate of drug-likeness (QED) is 0.449. The summed E-state index contributed by atoms with van der Waals surface area (Å²) in [5.74, 6) is 2.82. The molecule has 1 aromatic heterocycles. The largest absolute Gasteiger partial charge is 0.483 e. The number of carbonyl (C=O) groups is 1. The maximum absolute atomic E-state index is 12.7. The molecule has 12 heteroatoms. The van der Waals surface area contributed by atoms with Gasteiger partial charge in [-0.25, -0.2) is 23.2 Å². The second-order valence-electron chi connectivity index (χ2n) is 12.3. The average molecular weight is 619 g/mol. The normalized spacial score (nSPS) is 23.0. The number of ether oxygens (including phenoxy) is 2. The first-order valence-electron chi connectivity index (χ1n) is 15.3. The second-order valence-corrected chi connectivity index (χ2v) is 14.6. The molecule has 4 aliphatic rings. The van der Waals surface area contributed by atoms with Crippen molar-refractivity contribution >= 4 is 33.3 Å². The van der Waals surface area contributed by atoms with E-state index in [4.69, 9.17) is 9.47 Å². The van der Waals surface area contributed by atoms with Crippen LogP contribution in [0, 0.1) is 6.92 Å². The van der Waals surface area contributed by atoms with E-state index in [1.165, 1.54) is 11.9 Å². The van der Waals surface area contributed by atoms with Gasteiger partial charge in [0.2, 0.25) is 0 Å². The maximum atomic E-state index is 12.7. The molecule has 0 bridgehead atoms. The van der Waals surface area contributed by atoms with Gasteiger partial charge in [0.25, 0.3) is 0 Å². The molecule has 4 aliphatic heterocycles. The number of amides is 1. The van der Waals surface area contributed by atoms with Gasteiger partial charge in [0.05, 0.1) is 22.8 Å². The molecule has 0 radical (unpaired) electrons. The Hall–Kier alpha value is -3.90. The highest BCUT2D eigenvalue weighted by molar-refractivity contribution is 7.91. The van der Waals surface area contributed by atoms with Crippen LogP contribution < -0.4 is 15.0 Å². The lowest BCUT2D eigenvalue weighted by Gasteiger charge is -2.43. The molecule has 3 aromatic rings. The Bertz CT molecular complexity index is 1650. The molecular weight excluding hydrogens is 580 g/mol. The number of carbonyl (C=O) groups excluding carboxylic acids is 1. The van der Waals surface area contributed by atoms with E-state index < -0.39 is 9.84 Å². The molecule has 5 heterocycles. The van der Waals surface area contributed by atoms with Gasteiger partial charge in [0.1, 0.15) is 36.4 Å². The van der Waals surface area contributed by atoms with E-state index >= 15 is 0 Å². The SMILES string of the molecule is Cc1cc(C2CN(C3CCN(C(=O)OCc4ccccc4)C3)C2)cc2c1O[C@H](C)c1c(ncnc1N1CCS(=O)(=O)CC1)N2. The minimum Gasteiger partial charge on any atom is -0.483 e. The molecule has 1 N–H and O–H groups in total. The predicted molar refractivity (Wildman–Crippen MR) is 167 cm³/mol. The van der Waals surface area contributed by atoms with Gasteiger partial charge >= 0.3 is 6.09 Å². The second kappa shape index (κ2) is 11.6. The summed E-state index contributed by atoms with van der Waals surface area (Å²) >= 11 is 0. The van der Waals surface area contributed by atoms with E-state index in [0.29, 0.717) is 50.6 Å². The zero-order valence-electron chi connectivity index (χ0n) is 25.1. The number of hydrogen-bond acceptors (Lipinski definition) is 10. The van der Waals surface area contributed by atoms with Crippen molar-refractivity contribution in [2.45, 2.75) is 44.9 Å². The van der Waals surface area contributed by atoms with Gasteiger partial charge in [0, 0.05) is 51.2 Å². The summed E-state index contributed by atoms with van der Waals surface area (Å²) in [5, 5.41) is 3.53. The first-order chi connectivity index (χ1) is 21.2. The lowest BCUT2D eigenvalue weighted by atomic mass is 9.88. The lowest BCUT2D eigenvalue weighted by Crippen LogP contribution is -2.51. The Balaban J connectivity index is 1.00. The fourth-order valence-electron chi connectivity index (χ4n) is 6.72. The third-order valence-electron chi connectivity index (χ3n) is 9.28. The third kappa shape index (κ3) is 5.68. The number of nitrogens with one attached hydrogen (secondary N) is 1. The molecule has 0 spiro atoms. The molecule has 0 aliphatic carbocycles. The molecule has 3 fully saturated rings. The zero-order chi connectivity index (χ0) is 30.4. The van der Waals surface area contributed by atoms with Gasteiger partial charge in [-0.05, 0) is 43.0 Å². The molecule has 232 valence electrons. The van der Waals surface area contributed by atoms with Crippen molar-refractivity contribution in [2.24, 2.45) is 0 Å². The van der Waals surface area contributed by atoms with Crippen LogP contribution in [-0.2, 0) is 21.2 Å². The van der Waals surface area contributed by atoms with Crippen LogP contribution in [0.3, 0.4) is 0 Å². The van der Waals surface area contributed by atoms with Crippen molar-refractivity contribution in [1.29, 1.82) is 0 Å². The summed E-state index contributed by atoms with van der Waals surface area (Å²) in [4.78, 5) is 28.1. The molecule has 0 saturated carbocycles. The molecule has 1 amide bonds. The monoisotopic (exact) mass is 618 g/mol. The molecular formula is C32H38N6O5S. The van der Waals surface area contributed by atoms with Crippen molar-refractivity contribution in [3.8, 4) is 5.75 Å². The average Bonchev–Trinajstić information content (AvgIpc) is 3.41. The van der Waals surface area contributed by atoms with Crippen LogP contribution in [0.2, 0.25) is 0 Å². The predicted octanol–water partition coefficient (Wildman–Crippen LogP) is 4.03. The lowest BCUT2D eigenvalue weighted by molar-refractivity contribution is 0.0815. The summed E-state index contributed by atoms with van der Waals surface area (Å²) in [7, 11) is -3.01. The summed E-state index contributed by atoms with van der Waals surface area (Å²) in [6.45, 7) is 8.44. The van der Waals surface area contributed by atoms with Crippen molar-refractivity contribution in [3.63, 3.8) is 0 Å². The van der Waals surface area contributed by atoms with Crippen LogP contribution in [0.5, 0.6) is 5.75 Å². The number of likely N-dealkylation sites (tertiary alicyclic amines) is 2. The summed E-state index contributed by atoms with van der Waals surface area (Å²) < 4.78 is 36.1. The van der Waals surface area contributed by atoms with Crippen LogP contribution in [0.25, 0.3) is 0 Å². The Morgan fingerprint density at radius 3 is 2.61 bits per heavy atom. The van der Waals surface area contributed by atoms with Crippen LogP contribution in [0.1, 0.15) is 47.6 Å². The Kier molecular flexibility index (Phi) is 7.57. The van der Waals surface area contributed by atoms with E-state index in [0.717, 1.165) is 53.5 Å². The highest BCUT2D eigenvalue weighted by Crippen LogP contribution is 2.45. The topological polar surface area (TPSA) is 117 Å². The molecule has 1 unspecified atom stereocenters. The highest BCUT2D eigenvalue weighted by Gasteiger charge is 2.39. The van der Waals surface area contributed by atoms with Crippen molar-refractivity contribution < 1.29 is 22.7 Å². The molecule has 44 heavy (non-hydrogen) atoms. The molecule has 3 saturated heterocycles. The number of aromatic nitrogens is 2. The van der Waals surface area contributed by atoms with E-state index in [1.807, 2.05) is 47.1 Å². The first kappa shape index (κ1) is 28.8. The number of rotatable bonds is 5. The first-order valence-corrected chi connectivity index (χ1v) is 17.1. The van der Waals surface area contributed by atoms with Crippen LogP contribution in [0.4, 0.5) is 22.1 Å². The molecule has 2 aromatic carbocycles. The standard InChI is InChI=1S/C32H38N6O5S/c1-21-14-24(25-16-38(17-25)26-8-9-37(18-26)32(39)42-19-23-6-4-3-5-7-23)15-27-29(21)43-22(2)28-30(35-27)33-20-34-31(28)36-10-12-44(40,41)13-11-36/h3-7,14-15,20,22,25-26H,8-13,16-19H2,1-2H3,(H,33,34,35)/t22-,26?/m1/s1. The van der Waals surface area contributed by atoms with Crippen molar-refractivity contribution in [3.05, 3.63) is 71.0 Å². The highest BCUT2D eigenvalue weighted by atomic mass is 32.2. The van der Waals surface area contributed by atoms with Crippen LogP contribution in [0.15, 0.2) is 48.8 Å². The van der Waals surface area contributed by atoms with E-state index in [-0.39, 0.29) is 23.7 Å². The summed E-state index contributed by atoms with van der Waals surface area (Å²) in [6, 6.07) is 14.5.